The van der Waals surface area contributed by atoms with E-state index in [9.17, 15) is 14.7 Å². The second-order valence-electron chi connectivity index (χ2n) is 3.23. The van der Waals surface area contributed by atoms with E-state index in [4.69, 9.17) is 4.74 Å². The van der Waals surface area contributed by atoms with Gasteiger partial charge in [0.05, 0.1) is 6.61 Å². The van der Waals surface area contributed by atoms with E-state index in [-0.39, 0.29) is 17.2 Å². The molecule has 0 aromatic carbocycles. The van der Waals surface area contributed by atoms with Gasteiger partial charge in [-0.2, -0.15) is 0 Å². The van der Waals surface area contributed by atoms with Crippen LogP contribution < -0.4 is 5.32 Å². The average molecular weight is 226 g/mol. The molecule has 1 heterocycles. The lowest BCUT2D eigenvalue weighted by Gasteiger charge is -2.10. The molecule has 1 aliphatic heterocycles. The van der Waals surface area contributed by atoms with E-state index in [1.165, 1.54) is 25.1 Å². The third-order valence-corrected chi connectivity index (χ3v) is 2.02. The molecule has 0 aromatic heterocycles. The van der Waals surface area contributed by atoms with Gasteiger partial charge < -0.3 is 20.1 Å². The zero-order valence-corrected chi connectivity index (χ0v) is 9.40. The third kappa shape index (κ3) is 2.16. The number of ether oxygens (including phenoxy) is 1. The molecule has 0 bridgehead atoms. The fourth-order valence-corrected chi connectivity index (χ4v) is 1.25. The van der Waals surface area contributed by atoms with Gasteiger partial charge in [0.2, 0.25) is 5.91 Å². The lowest BCUT2D eigenvalue weighted by atomic mass is 10.3. The standard InChI is InChI=1S/C10H14N2O4/c1-4-16-5-7-9(14)8(11-6(2)13)10(15)12(7)3/h5,14H,4H2,1-3H3,(H,11,13)/b7-5+. The first-order chi connectivity index (χ1) is 7.49. The number of carbonyl (C=O) groups is 2. The minimum Gasteiger partial charge on any atom is -0.504 e. The molecule has 1 rings (SSSR count). The maximum atomic E-state index is 11.6. The third-order valence-electron chi connectivity index (χ3n) is 2.02. The van der Waals surface area contributed by atoms with Crippen LogP contribution in [-0.4, -0.2) is 35.5 Å². The topological polar surface area (TPSA) is 78.9 Å². The van der Waals surface area contributed by atoms with E-state index in [0.29, 0.717) is 6.61 Å². The Morgan fingerprint density at radius 2 is 2.25 bits per heavy atom. The fraction of sp³-hybridized carbons (Fsp3) is 0.400. The van der Waals surface area contributed by atoms with E-state index in [2.05, 4.69) is 5.32 Å². The Morgan fingerprint density at radius 3 is 2.75 bits per heavy atom. The van der Waals surface area contributed by atoms with Crippen LogP contribution in [0.25, 0.3) is 0 Å². The molecule has 6 heteroatoms. The maximum absolute atomic E-state index is 11.6. The zero-order chi connectivity index (χ0) is 12.3. The number of nitrogens with one attached hydrogen (secondary N) is 1. The molecular formula is C10H14N2O4. The summed E-state index contributed by atoms with van der Waals surface area (Å²) >= 11 is 0. The minimum atomic E-state index is -0.473. The number of aliphatic hydroxyl groups excluding tert-OH is 1. The summed E-state index contributed by atoms with van der Waals surface area (Å²) in [4.78, 5) is 23.7. The van der Waals surface area contributed by atoms with E-state index in [1.54, 1.807) is 6.92 Å². The van der Waals surface area contributed by atoms with Gasteiger partial charge in [0.1, 0.15) is 12.0 Å². The van der Waals surface area contributed by atoms with Crippen LogP contribution >= 0.6 is 0 Å². The van der Waals surface area contributed by atoms with Gasteiger partial charge in [0.25, 0.3) is 5.91 Å². The summed E-state index contributed by atoms with van der Waals surface area (Å²) in [5, 5.41) is 12.0. The Balaban J connectivity index is 3.02. The van der Waals surface area contributed by atoms with Gasteiger partial charge in [-0.3, -0.25) is 9.59 Å². The van der Waals surface area contributed by atoms with Crippen molar-refractivity contribution < 1.29 is 19.4 Å². The average Bonchev–Trinajstić information content (AvgIpc) is 2.41. The smallest absolute Gasteiger partial charge is 0.278 e. The Morgan fingerprint density at radius 1 is 1.62 bits per heavy atom. The van der Waals surface area contributed by atoms with Crippen molar-refractivity contribution in [1.29, 1.82) is 0 Å². The number of amides is 2. The van der Waals surface area contributed by atoms with Crippen LogP contribution in [0, 0.1) is 0 Å². The molecule has 0 spiro atoms. The summed E-state index contributed by atoms with van der Waals surface area (Å²) in [5.74, 6) is -1.17. The molecule has 0 aliphatic carbocycles. The summed E-state index contributed by atoms with van der Waals surface area (Å²) in [6.07, 6.45) is 1.28. The second kappa shape index (κ2) is 4.69. The van der Waals surface area contributed by atoms with Gasteiger partial charge in [-0.25, -0.2) is 0 Å². The molecule has 0 fully saturated rings. The van der Waals surface area contributed by atoms with Gasteiger partial charge >= 0.3 is 0 Å². The molecule has 0 unspecified atom stereocenters. The van der Waals surface area contributed by atoms with Crippen molar-refractivity contribution in [2.45, 2.75) is 13.8 Å². The highest BCUT2D eigenvalue weighted by Crippen LogP contribution is 2.24. The maximum Gasteiger partial charge on any atom is 0.278 e. The molecule has 0 atom stereocenters. The summed E-state index contributed by atoms with van der Waals surface area (Å²) < 4.78 is 5.00. The van der Waals surface area contributed by atoms with Crippen LogP contribution in [0.2, 0.25) is 0 Å². The number of hydrogen-bond acceptors (Lipinski definition) is 4. The summed E-state index contributed by atoms with van der Waals surface area (Å²) in [7, 11) is 1.48. The molecule has 2 amide bonds. The molecule has 1 aliphatic rings. The summed E-state index contributed by atoms with van der Waals surface area (Å²) in [5.41, 5.74) is 0.108. The predicted octanol–water partition coefficient (Wildman–Crippen LogP) is 0.242. The van der Waals surface area contributed by atoms with Gasteiger partial charge in [0, 0.05) is 14.0 Å². The SMILES string of the molecule is CCO/C=C1\C(O)=C(NC(C)=O)C(=O)N1C. The molecule has 0 aromatic rings. The van der Waals surface area contributed by atoms with Crippen molar-refractivity contribution in [3.05, 3.63) is 23.4 Å². The minimum absolute atomic E-state index is 0.124. The van der Waals surface area contributed by atoms with Crippen LogP contribution in [0.5, 0.6) is 0 Å². The van der Waals surface area contributed by atoms with Crippen LogP contribution in [-0.2, 0) is 14.3 Å². The monoisotopic (exact) mass is 226 g/mol. The van der Waals surface area contributed by atoms with Crippen LogP contribution in [0.15, 0.2) is 23.4 Å². The Bertz CT molecular complexity index is 384. The van der Waals surface area contributed by atoms with E-state index in [1.807, 2.05) is 0 Å². The largest absolute Gasteiger partial charge is 0.504 e. The van der Waals surface area contributed by atoms with E-state index >= 15 is 0 Å². The number of hydrogen-bond donors (Lipinski definition) is 2. The van der Waals surface area contributed by atoms with Gasteiger partial charge in [0.15, 0.2) is 11.5 Å². The van der Waals surface area contributed by atoms with Gasteiger partial charge in [-0.15, -0.1) is 0 Å². The molecular weight excluding hydrogens is 212 g/mol. The lowest BCUT2D eigenvalue weighted by Crippen LogP contribution is -2.29. The predicted molar refractivity (Wildman–Crippen MR) is 56.0 cm³/mol. The molecule has 6 nitrogen and oxygen atoms in total. The first-order valence-corrected chi connectivity index (χ1v) is 4.80. The Hall–Kier alpha value is -1.98. The molecule has 0 radical (unpaired) electrons. The summed E-state index contributed by atoms with van der Waals surface area (Å²) in [6, 6.07) is 0. The van der Waals surface area contributed by atoms with Crippen molar-refractivity contribution in [3.63, 3.8) is 0 Å². The second-order valence-corrected chi connectivity index (χ2v) is 3.23. The molecule has 16 heavy (non-hydrogen) atoms. The van der Waals surface area contributed by atoms with Gasteiger partial charge in [-0.05, 0) is 6.92 Å². The lowest BCUT2D eigenvalue weighted by molar-refractivity contribution is -0.126. The highest BCUT2D eigenvalue weighted by Gasteiger charge is 2.33. The molecule has 2 N–H and O–H groups in total. The van der Waals surface area contributed by atoms with E-state index in [0.717, 1.165) is 0 Å². The van der Waals surface area contributed by atoms with Crippen LogP contribution in [0.4, 0.5) is 0 Å². The molecule has 0 saturated heterocycles. The molecule has 88 valence electrons. The van der Waals surface area contributed by atoms with Crippen LogP contribution in [0.3, 0.4) is 0 Å². The number of aliphatic hydroxyl groups is 1. The Labute approximate surface area is 93.2 Å². The number of nitrogens with zero attached hydrogens (tertiary/aromatic N) is 1. The number of likely N-dealkylation sites (N-methyl/N-ethyl adjacent to an activating group) is 1. The zero-order valence-electron chi connectivity index (χ0n) is 9.40. The molecule has 0 saturated carbocycles. The van der Waals surface area contributed by atoms with Gasteiger partial charge in [-0.1, -0.05) is 0 Å². The quantitative estimate of drug-likeness (QED) is 0.676. The van der Waals surface area contributed by atoms with Crippen molar-refractivity contribution in [2.24, 2.45) is 0 Å². The van der Waals surface area contributed by atoms with E-state index < -0.39 is 11.8 Å². The first-order valence-electron chi connectivity index (χ1n) is 4.80. The highest BCUT2D eigenvalue weighted by molar-refractivity contribution is 6.02. The number of rotatable bonds is 3. The fourth-order valence-electron chi connectivity index (χ4n) is 1.25. The van der Waals surface area contributed by atoms with Crippen LogP contribution in [0.1, 0.15) is 13.8 Å². The van der Waals surface area contributed by atoms with Crippen molar-refractivity contribution in [1.82, 2.24) is 10.2 Å². The van der Waals surface area contributed by atoms with Crippen molar-refractivity contribution >= 4 is 11.8 Å². The highest BCUT2D eigenvalue weighted by atomic mass is 16.5. The first kappa shape index (κ1) is 12.1. The van der Waals surface area contributed by atoms with Crippen molar-refractivity contribution in [3.8, 4) is 0 Å². The number of carbonyl (C=O) groups excluding carboxylic acids is 2. The summed E-state index contributed by atoms with van der Waals surface area (Å²) in [6.45, 7) is 3.47. The Kier molecular flexibility index (Phi) is 3.55. The van der Waals surface area contributed by atoms with Crippen molar-refractivity contribution in [2.75, 3.05) is 13.7 Å². The normalized spacial score (nSPS) is 18.3.